The maximum Gasteiger partial charge on any atom is 0.189 e. The number of aliphatic hydroxyl groups is 11. The number of carbonyl (C=O) groups excluding carboxylic acids is 1. The van der Waals surface area contributed by atoms with Crippen molar-refractivity contribution in [1.82, 2.24) is 0 Å². The van der Waals surface area contributed by atoms with Gasteiger partial charge in [-0.2, -0.15) is 0 Å². The summed E-state index contributed by atoms with van der Waals surface area (Å²) in [5, 5.41) is 106. The van der Waals surface area contributed by atoms with Crippen molar-refractivity contribution in [2.45, 2.75) is 79.7 Å². The molecule has 0 saturated carbocycles. The van der Waals surface area contributed by atoms with Gasteiger partial charge in [0.2, 0.25) is 0 Å². The fourth-order valence-electron chi connectivity index (χ4n) is 3.35. The van der Waals surface area contributed by atoms with E-state index in [2.05, 4.69) is 0 Å². The quantitative estimate of drug-likeness (QED) is 0.125. The minimum absolute atomic E-state index is 0.620. The molecule has 200 valence electrons. The van der Waals surface area contributed by atoms with Crippen molar-refractivity contribution in [1.29, 1.82) is 0 Å². The van der Waals surface area contributed by atoms with Crippen LogP contribution in [0.1, 0.15) is 0 Å². The molecule has 2 aliphatic rings. The molecule has 0 spiro atoms. The maximum atomic E-state index is 12.0. The summed E-state index contributed by atoms with van der Waals surface area (Å²) in [6.45, 7) is -3.23. The largest absolute Gasteiger partial charge is 0.394 e. The van der Waals surface area contributed by atoms with Gasteiger partial charge < -0.3 is 75.1 Å². The average molecular weight is 504 g/mol. The fourth-order valence-corrected chi connectivity index (χ4v) is 3.35. The number of hydrogen-bond acceptors (Lipinski definition) is 16. The molecule has 13 atom stereocenters. The fraction of sp³-hybridized carbons (Fsp3) is 0.944. The smallest absolute Gasteiger partial charge is 0.189 e. The zero-order valence-corrected chi connectivity index (χ0v) is 17.8. The first-order valence-corrected chi connectivity index (χ1v) is 10.4. The zero-order chi connectivity index (χ0) is 25.7. The first-order valence-electron chi connectivity index (χ1n) is 10.4. The number of ketones is 1. The molecule has 0 amide bonds. The molecular weight excluding hydrogens is 472 g/mol. The third kappa shape index (κ3) is 6.64. The van der Waals surface area contributed by atoms with E-state index in [1.165, 1.54) is 0 Å². The highest BCUT2D eigenvalue weighted by Gasteiger charge is 2.47. The summed E-state index contributed by atoms with van der Waals surface area (Å²) in [5.41, 5.74) is 0. The Hall–Kier alpha value is -0.930. The minimum atomic E-state index is -2.15. The molecule has 11 N–H and O–H groups in total. The highest BCUT2D eigenvalue weighted by molar-refractivity contribution is 5.84. The Balaban J connectivity index is 1.96. The van der Waals surface area contributed by atoms with Crippen LogP contribution in [0.4, 0.5) is 0 Å². The van der Waals surface area contributed by atoms with Crippen molar-refractivity contribution >= 4 is 5.78 Å². The zero-order valence-electron chi connectivity index (χ0n) is 17.8. The predicted molar refractivity (Wildman–Crippen MR) is 102 cm³/mol. The third-order valence-electron chi connectivity index (χ3n) is 5.57. The Morgan fingerprint density at radius 2 is 1.24 bits per heavy atom. The normalized spacial score (nSPS) is 41.6. The SMILES string of the molecule is O=C(CO[C@H]1O[C@H](CO[C@H]2O[C@H](CO)[C@@H](O)[C@H](O)[C@H]2O)[C@@H](O)[C@H](O)[C@H]1O)[C@@H](O)[C@H](O)[C@@H](O)CO. The second-order valence-corrected chi connectivity index (χ2v) is 8.01. The van der Waals surface area contributed by atoms with Crippen LogP contribution in [-0.4, -0.2) is 168 Å². The first kappa shape index (κ1) is 29.3. The van der Waals surface area contributed by atoms with Gasteiger partial charge in [0.15, 0.2) is 18.4 Å². The van der Waals surface area contributed by atoms with Crippen LogP contribution in [0.2, 0.25) is 0 Å². The summed E-state index contributed by atoms with van der Waals surface area (Å²) >= 11 is 0. The van der Waals surface area contributed by atoms with Crippen LogP contribution in [0.25, 0.3) is 0 Å². The van der Waals surface area contributed by atoms with Crippen LogP contribution in [-0.2, 0) is 23.7 Å². The summed E-state index contributed by atoms with van der Waals surface area (Å²) < 4.78 is 20.7. The van der Waals surface area contributed by atoms with Gasteiger partial charge in [-0.05, 0) is 0 Å². The van der Waals surface area contributed by atoms with Crippen molar-refractivity contribution in [3.63, 3.8) is 0 Å². The molecule has 0 bridgehead atoms. The average Bonchev–Trinajstić information content (AvgIpc) is 2.84. The predicted octanol–water partition coefficient (Wildman–Crippen LogP) is -7.73. The molecule has 16 nitrogen and oxygen atoms in total. The summed E-state index contributed by atoms with van der Waals surface area (Å²) in [7, 11) is 0. The van der Waals surface area contributed by atoms with E-state index in [1.807, 2.05) is 0 Å². The molecular formula is C18H32O16. The van der Waals surface area contributed by atoms with Gasteiger partial charge in [-0.15, -0.1) is 0 Å². The summed E-state index contributed by atoms with van der Waals surface area (Å²) in [5.74, 6) is -1.16. The molecule has 2 heterocycles. The van der Waals surface area contributed by atoms with Crippen LogP contribution in [0.5, 0.6) is 0 Å². The lowest BCUT2D eigenvalue weighted by atomic mass is 9.98. The molecule has 34 heavy (non-hydrogen) atoms. The number of carbonyl (C=O) groups is 1. The Bertz CT molecular complexity index is 635. The molecule has 0 radical (unpaired) electrons. The molecule has 2 fully saturated rings. The summed E-state index contributed by atoms with van der Waals surface area (Å²) in [6.07, 6.45) is -22.6. The van der Waals surface area contributed by atoms with Crippen molar-refractivity contribution < 1.29 is 79.9 Å². The van der Waals surface area contributed by atoms with Crippen molar-refractivity contribution in [2.75, 3.05) is 26.4 Å². The summed E-state index contributed by atoms with van der Waals surface area (Å²) in [4.78, 5) is 12.0. The summed E-state index contributed by atoms with van der Waals surface area (Å²) in [6, 6.07) is 0. The number of aliphatic hydroxyl groups excluding tert-OH is 11. The third-order valence-corrected chi connectivity index (χ3v) is 5.57. The van der Waals surface area contributed by atoms with E-state index in [0.717, 1.165) is 0 Å². The van der Waals surface area contributed by atoms with Crippen molar-refractivity contribution in [3.8, 4) is 0 Å². The number of rotatable bonds is 11. The van der Waals surface area contributed by atoms with Gasteiger partial charge in [0.1, 0.15) is 73.8 Å². The standard InChI is InChI=1S/C18H32O16/c19-1-5(21)9(23)10(24)6(22)3-31-17-16(30)14(28)12(26)8(34-17)4-32-18-15(29)13(27)11(25)7(2-20)33-18/h5,7-21,23-30H,1-4H2/t5-,7+,8+,9+,10+,11+,12+,13-,14-,15+,16+,17-,18-/m0/s1. The van der Waals surface area contributed by atoms with E-state index in [1.54, 1.807) is 0 Å². The van der Waals surface area contributed by atoms with Gasteiger partial charge in [-0.1, -0.05) is 0 Å². The van der Waals surface area contributed by atoms with Gasteiger partial charge in [0.25, 0.3) is 0 Å². The second kappa shape index (κ2) is 12.9. The molecule has 2 aliphatic heterocycles. The highest BCUT2D eigenvalue weighted by Crippen LogP contribution is 2.26. The Morgan fingerprint density at radius 1 is 0.735 bits per heavy atom. The van der Waals surface area contributed by atoms with E-state index in [-0.39, 0.29) is 0 Å². The molecule has 0 aromatic rings. The Morgan fingerprint density at radius 3 is 1.76 bits per heavy atom. The minimum Gasteiger partial charge on any atom is -0.394 e. The monoisotopic (exact) mass is 504 g/mol. The highest BCUT2D eigenvalue weighted by atomic mass is 16.7. The molecule has 0 unspecified atom stereocenters. The van der Waals surface area contributed by atoms with Crippen LogP contribution in [0.3, 0.4) is 0 Å². The van der Waals surface area contributed by atoms with Gasteiger partial charge in [-0.3, -0.25) is 4.79 Å². The van der Waals surface area contributed by atoms with E-state index < -0.39 is 112 Å². The van der Waals surface area contributed by atoms with Gasteiger partial charge in [-0.25, -0.2) is 0 Å². The van der Waals surface area contributed by atoms with E-state index in [0.29, 0.717) is 0 Å². The van der Waals surface area contributed by atoms with Crippen LogP contribution in [0.15, 0.2) is 0 Å². The maximum absolute atomic E-state index is 12.0. The molecule has 2 rings (SSSR count). The molecule has 0 aliphatic carbocycles. The van der Waals surface area contributed by atoms with Gasteiger partial charge >= 0.3 is 0 Å². The second-order valence-electron chi connectivity index (χ2n) is 8.01. The van der Waals surface area contributed by atoms with Gasteiger partial charge in [0.05, 0.1) is 19.8 Å². The lowest BCUT2D eigenvalue weighted by Gasteiger charge is -2.42. The van der Waals surface area contributed by atoms with Crippen LogP contribution >= 0.6 is 0 Å². The van der Waals surface area contributed by atoms with Crippen molar-refractivity contribution in [3.05, 3.63) is 0 Å². The van der Waals surface area contributed by atoms with Crippen molar-refractivity contribution in [2.24, 2.45) is 0 Å². The number of hydrogen-bond donors (Lipinski definition) is 11. The molecule has 2 saturated heterocycles. The van der Waals surface area contributed by atoms with E-state index in [4.69, 9.17) is 24.1 Å². The van der Waals surface area contributed by atoms with E-state index >= 15 is 0 Å². The Labute approximate surface area is 192 Å². The van der Waals surface area contributed by atoms with Crippen LogP contribution < -0.4 is 0 Å². The topological polar surface area (TPSA) is 277 Å². The number of ether oxygens (including phenoxy) is 4. The van der Waals surface area contributed by atoms with E-state index in [9.17, 15) is 55.9 Å². The number of Topliss-reactive ketones (excluding diaryl/α,β-unsaturated/α-hetero) is 1. The molecule has 16 heteroatoms. The van der Waals surface area contributed by atoms with Gasteiger partial charge in [0, 0.05) is 0 Å². The lowest BCUT2D eigenvalue weighted by molar-refractivity contribution is -0.330. The molecule has 0 aromatic carbocycles. The Kier molecular flexibility index (Phi) is 11.1. The molecule has 0 aromatic heterocycles. The first-order chi connectivity index (χ1) is 15.9. The van der Waals surface area contributed by atoms with Crippen LogP contribution in [0, 0.1) is 0 Å². The lowest BCUT2D eigenvalue weighted by Crippen LogP contribution is -2.62.